The van der Waals surface area contributed by atoms with Crippen LogP contribution < -0.4 is 5.32 Å². The average Bonchev–Trinajstić information content (AvgIpc) is 2.68. The summed E-state index contributed by atoms with van der Waals surface area (Å²) in [6.45, 7) is 0. The summed E-state index contributed by atoms with van der Waals surface area (Å²) in [6, 6.07) is 4.86. The number of nitrogens with one attached hydrogen (secondary N) is 1. The third-order valence-corrected chi connectivity index (χ3v) is 6.62. The van der Waals surface area contributed by atoms with Crippen molar-refractivity contribution in [2.45, 2.75) is 17.4 Å². The number of hydrogen-bond donors (Lipinski definition) is 1. The van der Waals surface area contributed by atoms with Crippen molar-refractivity contribution in [3.63, 3.8) is 0 Å². The highest BCUT2D eigenvalue weighted by atomic mass is 35.5. The summed E-state index contributed by atoms with van der Waals surface area (Å²) in [5, 5.41) is 3.72. The standard InChI is InChI=1S/C12H13Cl2NO3S2/c13-9-2-1-3-10(14)12(9)19-6-11(16)15-8-4-5-20(17,18)7-8/h1-3,8H,4-7H2,(H,15,16). The molecular weight excluding hydrogens is 341 g/mol. The number of amides is 1. The Morgan fingerprint density at radius 1 is 1.35 bits per heavy atom. The Morgan fingerprint density at radius 3 is 2.55 bits per heavy atom. The summed E-state index contributed by atoms with van der Waals surface area (Å²) in [6.07, 6.45) is 0.478. The van der Waals surface area contributed by atoms with E-state index in [1.807, 2.05) is 0 Å². The van der Waals surface area contributed by atoms with Crippen molar-refractivity contribution in [2.75, 3.05) is 17.3 Å². The van der Waals surface area contributed by atoms with E-state index in [0.717, 1.165) is 0 Å². The van der Waals surface area contributed by atoms with Gasteiger partial charge < -0.3 is 5.32 Å². The summed E-state index contributed by atoms with van der Waals surface area (Å²) < 4.78 is 22.6. The highest BCUT2D eigenvalue weighted by Crippen LogP contribution is 2.33. The maximum atomic E-state index is 11.8. The minimum Gasteiger partial charge on any atom is -0.352 e. The quantitative estimate of drug-likeness (QED) is 0.844. The first-order valence-electron chi connectivity index (χ1n) is 5.94. The fraction of sp³-hybridized carbons (Fsp3) is 0.417. The van der Waals surface area contributed by atoms with E-state index in [4.69, 9.17) is 23.2 Å². The summed E-state index contributed by atoms with van der Waals surface area (Å²) in [5.41, 5.74) is 0. The molecule has 2 rings (SSSR count). The first kappa shape index (κ1) is 15.9. The van der Waals surface area contributed by atoms with E-state index in [0.29, 0.717) is 21.4 Å². The third kappa shape index (κ3) is 4.28. The van der Waals surface area contributed by atoms with Crippen LogP contribution in [0.4, 0.5) is 0 Å². The van der Waals surface area contributed by atoms with Crippen LogP contribution in [0.1, 0.15) is 6.42 Å². The maximum absolute atomic E-state index is 11.8. The number of carbonyl (C=O) groups excluding carboxylic acids is 1. The molecule has 110 valence electrons. The molecule has 1 N–H and O–H groups in total. The van der Waals surface area contributed by atoms with Crippen LogP contribution in [0.25, 0.3) is 0 Å². The monoisotopic (exact) mass is 353 g/mol. The Morgan fingerprint density at radius 2 is 2.00 bits per heavy atom. The van der Waals surface area contributed by atoms with Gasteiger partial charge in [-0.15, -0.1) is 11.8 Å². The highest BCUT2D eigenvalue weighted by molar-refractivity contribution is 8.00. The second-order valence-corrected chi connectivity index (χ2v) is 8.54. The highest BCUT2D eigenvalue weighted by Gasteiger charge is 2.28. The number of carbonyl (C=O) groups is 1. The fourth-order valence-corrected chi connectivity index (χ4v) is 5.11. The molecule has 1 aromatic carbocycles. The Labute approximate surface area is 132 Å². The van der Waals surface area contributed by atoms with E-state index in [9.17, 15) is 13.2 Å². The average molecular weight is 354 g/mol. The summed E-state index contributed by atoms with van der Waals surface area (Å²) >= 11 is 13.2. The van der Waals surface area contributed by atoms with E-state index in [1.165, 1.54) is 11.8 Å². The van der Waals surface area contributed by atoms with Crippen molar-refractivity contribution in [3.8, 4) is 0 Å². The van der Waals surface area contributed by atoms with Crippen molar-refractivity contribution >= 4 is 50.7 Å². The predicted octanol–water partition coefficient (Wildman–Crippen LogP) is 2.39. The lowest BCUT2D eigenvalue weighted by molar-refractivity contribution is -0.119. The Bertz CT molecular complexity index is 599. The van der Waals surface area contributed by atoms with Crippen LogP contribution >= 0.6 is 35.0 Å². The molecule has 1 amide bonds. The van der Waals surface area contributed by atoms with Gasteiger partial charge in [0.05, 0.1) is 27.3 Å². The molecule has 20 heavy (non-hydrogen) atoms. The van der Waals surface area contributed by atoms with Crippen LogP contribution in [0.15, 0.2) is 23.1 Å². The van der Waals surface area contributed by atoms with Gasteiger partial charge in [-0.1, -0.05) is 29.3 Å². The van der Waals surface area contributed by atoms with Gasteiger partial charge in [0.25, 0.3) is 0 Å². The molecule has 1 aliphatic heterocycles. The van der Waals surface area contributed by atoms with Crippen molar-refractivity contribution < 1.29 is 13.2 Å². The summed E-state index contributed by atoms with van der Waals surface area (Å²) in [7, 11) is -2.99. The summed E-state index contributed by atoms with van der Waals surface area (Å²) in [5.74, 6) is 0.102. The second-order valence-electron chi connectivity index (χ2n) is 4.51. The molecule has 1 saturated heterocycles. The zero-order chi connectivity index (χ0) is 14.8. The van der Waals surface area contributed by atoms with Crippen LogP contribution in [0, 0.1) is 0 Å². The molecule has 8 heteroatoms. The van der Waals surface area contributed by atoms with Gasteiger partial charge in [0.15, 0.2) is 9.84 Å². The largest absolute Gasteiger partial charge is 0.352 e. The molecule has 1 fully saturated rings. The first-order chi connectivity index (χ1) is 9.37. The van der Waals surface area contributed by atoms with E-state index in [-0.39, 0.29) is 29.2 Å². The molecule has 1 aromatic rings. The maximum Gasteiger partial charge on any atom is 0.230 e. The van der Waals surface area contributed by atoms with Crippen LogP contribution in [0.5, 0.6) is 0 Å². The number of benzene rings is 1. The molecule has 0 aliphatic carbocycles. The van der Waals surface area contributed by atoms with Crippen LogP contribution in [0.2, 0.25) is 10.0 Å². The number of sulfone groups is 1. The van der Waals surface area contributed by atoms with Crippen LogP contribution in [-0.4, -0.2) is 37.6 Å². The third-order valence-electron chi connectivity index (χ3n) is 2.86. The zero-order valence-corrected chi connectivity index (χ0v) is 13.6. The summed E-state index contributed by atoms with van der Waals surface area (Å²) in [4.78, 5) is 12.5. The minimum atomic E-state index is -2.99. The molecule has 0 spiro atoms. The number of rotatable bonds is 4. The van der Waals surface area contributed by atoms with Gasteiger partial charge in [-0.25, -0.2) is 8.42 Å². The smallest absolute Gasteiger partial charge is 0.230 e. The minimum absolute atomic E-state index is 0.0241. The van der Waals surface area contributed by atoms with Gasteiger partial charge in [0.2, 0.25) is 5.91 Å². The zero-order valence-electron chi connectivity index (χ0n) is 10.4. The number of hydrogen-bond acceptors (Lipinski definition) is 4. The number of halogens is 2. The van der Waals surface area contributed by atoms with E-state index in [2.05, 4.69) is 5.32 Å². The van der Waals surface area contributed by atoms with Crippen molar-refractivity contribution in [1.29, 1.82) is 0 Å². The lowest BCUT2D eigenvalue weighted by Crippen LogP contribution is -2.36. The molecular formula is C12H13Cl2NO3S2. The molecule has 1 atom stereocenters. The molecule has 0 radical (unpaired) electrons. The molecule has 0 aromatic heterocycles. The van der Waals surface area contributed by atoms with Gasteiger partial charge in [0.1, 0.15) is 0 Å². The molecule has 0 bridgehead atoms. The van der Waals surface area contributed by atoms with Gasteiger partial charge in [0, 0.05) is 10.9 Å². The lowest BCUT2D eigenvalue weighted by atomic mass is 10.3. The van der Waals surface area contributed by atoms with Crippen LogP contribution in [0.3, 0.4) is 0 Å². The molecule has 0 saturated carbocycles. The Hall–Kier alpha value is -0.430. The normalized spacial score (nSPS) is 20.8. The molecule has 1 unspecified atom stereocenters. The van der Waals surface area contributed by atoms with E-state index in [1.54, 1.807) is 18.2 Å². The first-order valence-corrected chi connectivity index (χ1v) is 9.50. The lowest BCUT2D eigenvalue weighted by Gasteiger charge is -2.11. The predicted molar refractivity (Wildman–Crippen MR) is 82.4 cm³/mol. The fourth-order valence-electron chi connectivity index (χ4n) is 1.94. The topological polar surface area (TPSA) is 63.2 Å². The van der Waals surface area contributed by atoms with E-state index < -0.39 is 9.84 Å². The Kier molecular flexibility index (Phi) is 5.23. The van der Waals surface area contributed by atoms with Gasteiger partial charge in [-0.2, -0.15) is 0 Å². The van der Waals surface area contributed by atoms with Crippen molar-refractivity contribution in [1.82, 2.24) is 5.32 Å². The molecule has 1 aliphatic rings. The van der Waals surface area contributed by atoms with Gasteiger partial charge in [-0.3, -0.25) is 4.79 Å². The van der Waals surface area contributed by atoms with E-state index >= 15 is 0 Å². The SMILES string of the molecule is O=C(CSc1c(Cl)cccc1Cl)NC1CCS(=O)(=O)C1. The van der Waals surface area contributed by atoms with Crippen molar-refractivity contribution in [3.05, 3.63) is 28.2 Å². The molecule has 4 nitrogen and oxygen atoms in total. The molecule has 1 heterocycles. The number of thioether (sulfide) groups is 1. The Balaban J connectivity index is 1.87. The van der Waals surface area contributed by atoms with Gasteiger partial charge >= 0.3 is 0 Å². The van der Waals surface area contributed by atoms with Crippen LogP contribution in [-0.2, 0) is 14.6 Å². The van der Waals surface area contributed by atoms with Crippen molar-refractivity contribution in [2.24, 2.45) is 0 Å². The second kappa shape index (κ2) is 6.56. The van der Waals surface area contributed by atoms with Gasteiger partial charge in [-0.05, 0) is 18.6 Å².